The number of hydrogen-bond donors (Lipinski definition) is 1. The van der Waals surface area contributed by atoms with Crippen LogP contribution in [0, 0.1) is 5.82 Å². The van der Waals surface area contributed by atoms with Crippen LogP contribution < -0.4 is 5.32 Å². The monoisotopic (exact) mass is 266 g/mol. The molecule has 0 radical (unpaired) electrons. The van der Waals surface area contributed by atoms with Crippen LogP contribution in [0.2, 0.25) is 0 Å². The van der Waals surface area contributed by atoms with Crippen molar-refractivity contribution < 1.29 is 9.18 Å². The van der Waals surface area contributed by atoms with Gasteiger partial charge < -0.3 is 5.32 Å². The molecule has 0 saturated carbocycles. The molecule has 0 unspecified atom stereocenters. The molecular formula is C16H11FN2O. The Morgan fingerprint density at radius 1 is 1.05 bits per heavy atom. The summed E-state index contributed by atoms with van der Waals surface area (Å²) in [5, 5.41) is 3.70. The first-order chi connectivity index (χ1) is 9.74. The molecule has 0 fully saturated rings. The molecule has 0 spiro atoms. The van der Waals surface area contributed by atoms with E-state index in [0.29, 0.717) is 11.2 Å². The average molecular weight is 266 g/mol. The van der Waals surface area contributed by atoms with Crippen molar-refractivity contribution in [1.29, 1.82) is 0 Å². The lowest BCUT2D eigenvalue weighted by atomic mass is 10.1. The van der Waals surface area contributed by atoms with E-state index in [1.807, 2.05) is 24.3 Å². The Labute approximate surface area is 115 Å². The number of rotatable bonds is 2. The van der Waals surface area contributed by atoms with Gasteiger partial charge in [-0.05, 0) is 30.3 Å². The zero-order valence-corrected chi connectivity index (χ0v) is 10.5. The Morgan fingerprint density at radius 2 is 1.85 bits per heavy atom. The van der Waals surface area contributed by atoms with Gasteiger partial charge in [0, 0.05) is 17.1 Å². The first-order valence-electron chi connectivity index (χ1n) is 6.15. The third kappa shape index (κ3) is 2.36. The summed E-state index contributed by atoms with van der Waals surface area (Å²) in [5.74, 6) is -0.795. The molecule has 0 aliphatic carbocycles. The number of carbonyl (C=O) groups excluding carboxylic acids is 1. The predicted octanol–water partition coefficient (Wildman–Crippen LogP) is 3.63. The summed E-state index contributed by atoms with van der Waals surface area (Å²) in [6.07, 6.45) is 1.67. The van der Waals surface area contributed by atoms with Gasteiger partial charge in [0.05, 0.1) is 11.2 Å². The highest BCUT2D eigenvalue weighted by Crippen LogP contribution is 2.21. The van der Waals surface area contributed by atoms with Crippen LogP contribution in [0.4, 0.5) is 10.1 Å². The fourth-order valence-corrected chi connectivity index (χ4v) is 2.03. The van der Waals surface area contributed by atoms with Crippen molar-refractivity contribution in [2.24, 2.45) is 0 Å². The predicted molar refractivity (Wildman–Crippen MR) is 76.1 cm³/mol. The van der Waals surface area contributed by atoms with Crippen LogP contribution in [0.25, 0.3) is 10.9 Å². The summed E-state index contributed by atoms with van der Waals surface area (Å²) >= 11 is 0. The summed E-state index contributed by atoms with van der Waals surface area (Å²) in [5.41, 5.74) is 1.59. The van der Waals surface area contributed by atoms with E-state index in [1.165, 1.54) is 18.2 Å². The van der Waals surface area contributed by atoms with Gasteiger partial charge in [0.1, 0.15) is 5.82 Å². The number of pyridine rings is 1. The number of nitrogens with zero attached hydrogens (tertiary/aromatic N) is 1. The second kappa shape index (κ2) is 5.09. The number of amides is 1. The molecule has 1 amide bonds. The quantitative estimate of drug-likeness (QED) is 0.769. The molecule has 20 heavy (non-hydrogen) atoms. The van der Waals surface area contributed by atoms with E-state index in [-0.39, 0.29) is 11.5 Å². The van der Waals surface area contributed by atoms with Crippen molar-refractivity contribution in [3.63, 3.8) is 0 Å². The summed E-state index contributed by atoms with van der Waals surface area (Å²) in [4.78, 5) is 16.4. The maximum atomic E-state index is 13.1. The summed E-state index contributed by atoms with van der Waals surface area (Å²) < 4.78 is 13.1. The number of fused-ring (bicyclic) bond motifs is 1. The minimum absolute atomic E-state index is 0.276. The molecule has 1 N–H and O–H groups in total. The van der Waals surface area contributed by atoms with Gasteiger partial charge in [-0.15, -0.1) is 0 Å². The molecule has 3 aromatic rings. The molecule has 0 atom stereocenters. The number of halogens is 1. The Balaban J connectivity index is 1.95. The van der Waals surface area contributed by atoms with Gasteiger partial charge in [-0.25, -0.2) is 4.39 Å². The van der Waals surface area contributed by atoms with E-state index in [0.717, 1.165) is 5.39 Å². The molecule has 1 aromatic heterocycles. The standard InChI is InChI=1S/C16H11FN2O/c17-13-7-1-5-12(10-13)16(20)19-14-8-2-4-11-6-3-9-18-15(11)14/h1-10H,(H,19,20). The van der Waals surface area contributed by atoms with E-state index in [9.17, 15) is 9.18 Å². The highest BCUT2D eigenvalue weighted by molar-refractivity contribution is 6.08. The Hall–Kier alpha value is -2.75. The lowest BCUT2D eigenvalue weighted by Gasteiger charge is -2.08. The smallest absolute Gasteiger partial charge is 0.255 e. The molecule has 3 nitrogen and oxygen atoms in total. The first kappa shape index (κ1) is 12.3. The molecular weight excluding hydrogens is 255 g/mol. The molecule has 1 heterocycles. The van der Waals surface area contributed by atoms with Crippen molar-refractivity contribution in [3.8, 4) is 0 Å². The highest BCUT2D eigenvalue weighted by atomic mass is 19.1. The molecule has 0 aliphatic rings. The van der Waals surface area contributed by atoms with E-state index < -0.39 is 5.82 Å². The topological polar surface area (TPSA) is 42.0 Å². The lowest BCUT2D eigenvalue weighted by molar-refractivity contribution is 0.102. The molecule has 98 valence electrons. The fourth-order valence-electron chi connectivity index (χ4n) is 2.03. The van der Waals surface area contributed by atoms with E-state index in [4.69, 9.17) is 0 Å². The SMILES string of the molecule is O=C(Nc1cccc2cccnc12)c1cccc(F)c1. The second-order valence-electron chi connectivity index (χ2n) is 4.35. The third-order valence-electron chi connectivity index (χ3n) is 2.97. The number of anilines is 1. The van der Waals surface area contributed by atoms with E-state index in [2.05, 4.69) is 10.3 Å². The van der Waals surface area contributed by atoms with E-state index >= 15 is 0 Å². The minimum atomic E-state index is -0.436. The number of benzene rings is 2. The summed E-state index contributed by atoms with van der Waals surface area (Å²) in [7, 11) is 0. The van der Waals surface area contributed by atoms with Gasteiger partial charge >= 0.3 is 0 Å². The van der Waals surface area contributed by atoms with Crippen LogP contribution in [0.3, 0.4) is 0 Å². The van der Waals surface area contributed by atoms with Crippen LogP contribution in [0.15, 0.2) is 60.8 Å². The lowest BCUT2D eigenvalue weighted by Crippen LogP contribution is -2.12. The zero-order chi connectivity index (χ0) is 13.9. The molecule has 0 aliphatic heterocycles. The van der Waals surface area contributed by atoms with Crippen LogP contribution in [-0.2, 0) is 0 Å². The fraction of sp³-hybridized carbons (Fsp3) is 0. The largest absolute Gasteiger partial charge is 0.320 e. The molecule has 0 saturated heterocycles. The number of aromatic nitrogens is 1. The van der Waals surface area contributed by atoms with Crippen molar-refractivity contribution in [2.45, 2.75) is 0 Å². The van der Waals surface area contributed by atoms with Gasteiger partial charge in [-0.2, -0.15) is 0 Å². The van der Waals surface area contributed by atoms with Crippen LogP contribution in [0.5, 0.6) is 0 Å². The Kier molecular flexibility index (Phi) is 3.13. The zero-order valence-electron chi connectivity index (χ0n) is 10.5. The second-order valence-corrected chi connectivity index (χ2v) is 4.35. The van der Waals surface area contributed by atoms with Gasteiger partial charge in [0.2, 0.25) is 0 Å². The first-order valence-corrected chi connectivity index (χ1v) is 6.15. The maximum absolute atomic E-state index is 13.1. The summed E-state index contributed by atoms with van der Waals surface area (Å²) in [6.45, 7) is 0. The van der Waals surface area contributed by atoms with Gasteiger partial charge in [0.15, 0.2) is 0 Å². The van der Waals surface area contributed by atoms with E-state index in [1.54, 1.807) is 18.3 Å². The van der Waals surface area contributed by atoms with Crippen molar-refractivity contribution in [3.05, 3.63) is 72.2 Å². The third-order valence-corrected chi connectivity index (χ3v) is 2.97. The van der Waals surface area contributed by atoms with Crippen molar-refractivity contribution in [1.82, 2.24) is 4.98 Å². The van der Waals surface area contributed by atoms with Gasteiger partial charge in [-0.1, -0.05) is 24.3 Å². The van der Waals surface area contributed by atoms with Crippen LogP contribution in [-0.4, -0.2) is 10.9 Å². The molecule has 3 rings (SSSR count). The molecule has 4 heteroatoms. The Morgan fingerprint density at radius 3 is 2.70 bits per heavy atom. The Bertz CT molecular complexity index is 781. The normalized spacial score (nSPS) is 10.4. The van der Waals surface area contributed by atoms with Crippen LogP contribution >= 0.6 is 0 Å². The number of para-hydroxylation sites is 1. The highest BCUT2D eigenvalue weighted by Gasteiger charge is 2.09. The minimum Gasteiger partial charge on any atom is -0.320 e. The van der Waals surface area contributed by atoms with Gasteiger partial charge in [0.25, 0.3) is 5.91 Å². The van der Waals surface area contributed by atoms with Crippen molar-refractivity contribution in [2.75, 3.05) is 5.32 Å². The molecule has 0 bridgehead atoms. The van der Waals surface area contributed by atoms with Gasteiger partial charge in [-0.3, -0.25) is 9.78 Å². The molecule has 2 aromatic carbocycles. The maximum Gasteiger partial charge on any atom is 0.255 e. The number of hydrogen-bond acceptors (Lipinski definition) is 2. The number of carbonyl (C=O) groups is 1. The average Bonchev–Trinajstić information content (AvgIpc) is 2.47. The van der Waals surface area contributed by atoms with Crippen molar-refractivity contribution >= 4 is 22.5 Å². The summed E-state index contributed by atoms with van der Waals surface area (Å²) in [6, 6.07) is 14.9. The van der Waals surface area contributed by atoms with Crippen LogP contribution in [0.1, 0.15) is 10.4 Å². The number of nitrogens with one attached hydrogen (secondary N) is 1.